The van der Waals surface area contributed by atoms with Crippen LogP contribution in [0.4, 0.5) is 0 Å². The number of ether oxygens (including phenoxy) is 2. The Kier molecular flexibility index (Phi) is 4.82. The third kappa shape index (κ3) is 3.49. The van der Waals surface area contributed by atoms with Gasteiger partial charge in [-0.25, -0.2) is 0 Å². The normalized spacial score (nSPS) is 12.2. The highest BCUT2D eigenvalue weighted by Crippen LogP contribution is 2.28. The Morgan fingerprint density at radius 3 is 2.32 bits per heavy atom. The Labute approximate surface area is 118 Å². The van der Waals surface area contributed by atoms with Crippen molar-refractivity contribution in [3.05, 3.63) is 46.2 Å². The summed E-state index contributed by atoms with van der Waals surface area (Å²) in [7, 11) is 5.32. The molecule has 1 unspecified atom stereocenters. The molecule has 0 bridgehead atoms. The van der Waals surface area contributed by atoms with Crippen LogP contribution in [-0.4, -0.2) is 21.3 Å². The van der Waals surface area contributed by atoms with Crippen molar-refractivity contribution in [1.29, 1.82) is 0 Å². The molecule has 19 heavy (non-hydrogen) atoms. The summed E-state index contributed by atoms with van der Waals surface area (Å²) in [6, 6.07) is 10.5. The van der Waals surface area contributed by atoms with E-state index in [0.29, 0.717) is 0 Å². The van der Waals surface area contributed by atoms with Gasteiger partial charge in [-0.05, 0) is 36.2 Å². The highest BCUT2D eigenvalue weighted by Gasteiger charge is 2.13. The summed E-state index contributed by atoms with van der Waals surface area (Å²) >= 11 is 1.78. The van der Waals surface area contributed by atoms with Crippen molar-refractivity contribution in [3.8, 4) is 11.5 Å². The van der Waals surface area contributed by atoms with Crippen LogP contribution in [-0.2, 0) is 6.42 Å². The van der Waals surface area contributed by atoms with Gasteiger partial charge >= 0.3 is 0 Å². The Hall–Kier alpha value is -1.52. The van der Waals surface area contributed by atoms with Crippen molar-refractivity contribution in [1.82, 2.24) is 5.32 Å². The molecule has 0 aliphatic carbocycles. The molecule has 1 N–H and O–H groups in total. The summed E-state index contributed by atoms with van der Waals surface area (Å²) in [6.07, 6.45) is 0.963. The van der Waals surface area contributed by atoms with E-state index in [0.717, 1.165) is 17.9 Å². The number of likely N-dealkylation sites (N-methyl/N-ethyl adjacent to an activating group) is 1. The van der Waals surface area contributed by atoms with Gasteiger partial charge in [0, 0.05) is 23.4 Å². The van der Waals surface area contributed by atoms with Gasteiger partial charge in [-0.15, -0.1) is 11.3 Å². The highest BCUT2D eigenvalue weighted by atomic mass is 32.1. The molecule has 0 spiro atoms. The van der Waals surface area contributed by atoms with Crippen molar-refractivity contribution >= 4 is 11.3 Å². The fourth-order valence-electron chi connectivity index (χ4n) is 2.05. The van der Waals surface area contributed by atoms with Gasteiger partial charge in [0.25, 0.3) is 0 Å². The lowest BCUT2D eigenvalue weighted by molar-refractivity contribution is 0.392. The first-order chi connectivity index (χ1) is 9.26. The molecular formula is C15H19NO2S. The highest BCUT2D eigenvalue weighted by molar-refractivity contribution is 7.09. The monoisotopic (exact) mass is 277 g/mol. The summed E-state index contributed by atoms with van der Waals surface area (Å²) in [5.74, 6) is 1.64. The van der Waals surface area contributed by atoms with E-state index in [4.69, 9.17) is 9.47 Å². The number of thiophene rings is 1. The molecular weight excluding hydrogens is 258 g/mol. The zero-order chi connectivity index (χ0) is 13.7. The molecule has 2 rings (SSSR count). The zero-order valence-electron chi connectivity index (χ0n) is 11.5. The van der Waals surface area contributed by atoms with Gasteiger partial charge in [0.2, 0.25) is 0 Å². The molecule has 4 heteroatoms. The van der Waals surface area contributed by atoms with E-state index >= 15 is 0 Å². The fourth-order valence-corrected chi connectivity index (χ4v) is 2.80. The predicted octanol–water partition coefficient (Wildman–Crippen LogP) is 3.27. The summed E-state index contributed by atoms with van der Waals surface area (Å²) in [5.41, 5.74) is 1.17. The minimum absolute atomic E-state index is 0.252. The maximum atomic E-state index is 5.32. The number of hydrogen-bond acceptors (Lipinski definition) is 4. The first kappa shape index (κ1) is 13.9. The summed E-state index contributed by atoms with van der Waals surface area (Å²) < 4.78 is 10.6. The van der Waals surface area contributed by atoms with E-state index in [2.05, 4.69) is 35.0 Å². The largest absolute Gasteiger partial charge is 0.497 e. The maximum absolute atomic E-state index is 5.32. The quantitative estimate of drug-likeness (QED) is 0.879. The SMILES string of the molecule is CNC(Cc1cccs1)c1cc(OC)cc(OC)c1. The van der Waals surface area contributed by atoms with E-state index in [1.54, 1.807) is 25.6 Å². The van der Waals surface area contributed by atoms with E-state index in [9.17, 15) is 0 Å². The van der Waals surface area contributed by atoms with Gasteiger partial charge in [-0.3, -0.25) is 0 Å². The number of methoxy groups -OCH3 is 2. The molecule has 2 aromatic rings. The number of nitrogens with one attached hydrogen (secondary N) is 1. The van der Waals surface area contributed by atoms with Gasteiger partial charge in [0.15, 0.2) is 0 Å². The Morgan fingerprint density at radius 2 is 1.84 bits per heavy atom. The van der Waals surface area contributed by atoms with E-state index in [1.165, 1.54) is 10.4 Å². The molecule has 1 heterocycles. The maximum Gasteiger partial charge on any atom is 0.122 e. The van der Waals surface area contributed by atoms with Gasteiger partial charge < -0.3 is 14.8 Å². The molecule has 0 aliphatic rings. The van der Waals surface area contributed by atoms with Gasteiger partial charge in [0.1, 0.15) is 11.5 Å². The second-order valence-corrected chi connectivity index (χ2v) is 5.30. The smallest absolute Gasteiger partial charge is 0.122 e. The summed E-state index contributed by atoms with van der Waals surface area (Å²) in [5, 5.41) is 5.46. The Balaban J connectivity index is 2.26. The van der Waals surface area contributed by atoms with E-state index in [-0.39, 0.29) is 6.04 Å². The van der Waals surface area contributed by atoms with Crippen LogP contribution in [0.25, 0.3) is 0 Å². The van der Waals surface area contributed by atoms with Crippen molar-refractivity contribution in [2.45, 2.75) is 12.5 Å². The number of rotatable bonds is 6. The average Bonchev–Trinajstić information content (AvgIpc) is 2.97. The van der Waals surface area contributed by atoms with Crippen LogP contribution in [0.2, 0.25) is 0 Å². The second kappa shape index (κ2) is 6.59. The van der Waals surface area contributed by atoms with Crippen LogP contribution in [0.15, 0.2) is 35.7 Å². The summed E-state index contributed by atoms with van der Waals surface area (Å²) in [6.45, 7) is 0. The Morgan fingerprint density at radius 1 is 1.16 bits per heavy atom. The van der Waals surface area contributed by atoms with Gasteiger partial charge in [0.05, 0.1) is 14.2 Å². The molecule has 1 atom stereocenters. The third-order valence-corrected chi connectivity index (χ3v) is 4.01. The average molecular weight is 277 g/mol. The zero-order valence-corrected chi connectivity index (χ0v) is 12.3. The molecule has 0 amide bonds. The van der Waals surface area contributed by atoms with Gasteiger partial charge in [-0.1, -0.05) is 6.07 Å². The molecule has 102 valence electrons. The third-order valence-electron chi connectivity index (χ3n) is 3.11. The lowest BCUT2D eigenvalue weighted by Crippen LogP contribution is -2.18. The lowest BCUT2D eigenvalue weighted by atomic mass is 10.0. The summed E-state index contributed by atoms with van der Waals surface area (Å²) in [4.78, 5) is 1.36. The van der Waals surface area contributed by atoms with Crippen molar-refractivity contribution in [2.24, 2.45) is 0 Å². The van der Waals surface area contributed by atoms with Crippen molar-refractivity contribution in [3.63, 3.8) is 0 Å². The molecule has 0 saturated heterocycles. The molecule has 3 nitrogen and oxygen atoms in total. The van der Waals surface area contributed by atoms with Crippen LogP contribution < -0.4 is 14.8 Å². The van der Waals surface area contributed by atoms with Crippen LogP contribution in [0.1, 0.15) is 16.5 Å². The first-order valence-electron chi connectivity index (χ1n) is 6.19. The van der Waals surface area contributed by atoms with E-state index < -0.39 is 0 Å². The van der Waals surface area contributed by atoms with Crippen LogP contribution in [0, 0.1) is 0 Å². The van der Waals surface area contributed by atoms with Gasteiger partial charge in [-0.2, -0.15) is 0 Å². The Bertz CT molecular complexity index is 489. The molecule has 1 aromatic heterocycles. The standard InChI is InChI=1S/C15H19NO2S/c1-16-15(10-14-5-4-6-19-14)11-7-12(17-2)9-13(8-11)18-3/h4-9,15-16H,10H2,1-3H3. The minimum Gasteiger partial charge on any atom is -0.497 e. The van der Waals surface area contributed by atoms with Crippen LogP contribution in [0.3, 0.4) is 0 Å². The fraction of sp³-hybridized carbons (Fsp3) is 0.333. The molecule has 0 saturated carbocycles. The molecule has 1 aromatic carbocycles. The van der Waals surface area contributed by atoms with Crippen LogP contribution in [0.5, 0.6) is 11.5 Å². The lowest BCUT2D eigenvalue weighted by Gasteiger charge is -2.18. The van der Waals surface area contributed by atoms with Crippen LogP contribution >= 0.6 is 11.3 Å². The van der Waals surface area contributed by atoms with Crippen molar-refractivity contribution < 1.29 is 9.47 Å². The van der Waals surface area contributed by atoms with E-state index in [1.807, 2.05) is 13.1 Å². The number of hydrogen-bond donors (Lipinski definition) is 1. The topological polar surface area (TPSA) is 30.5 Å². The molecule has 0 aliphatic heterocycles. The molecule has 0 fully saturated rings. The first-order valence-corrected chi connectivity index (χ1v) is 7.07. The molecule has 0 radical (unpaired) electrons. The van der Waals surface area contributed by atoms with Crippen molar-refractivity contribution in [2.75, 3.05) is 21.3 Å². The second-order valence-electron chi connectivity index (χ2n) is 4.27. The minimum atomic E-state index is 0.252. The number of benzene rings is 1. The predicted molar refractivity (Wildman–Crippen MR) is 79.4 cm³/mol.